The standard InChI is InChI=1S/C32H39N3O6S/c1-6-23(2)33-32(38)30(19-25-12-8-7-9-13-25)34(21-26-14-10-17-29(18-26)41-4)31(37)22-35(42(5,39)40)28-16-11-15-27(20-28)24(3)36/h7-18,20,23,30H,6,19,21-22H2,1-5H3,(H,33,38)/t23-,30-/m0/s1. The molecule has 0 saturated heterocycles. The largest absolute Gasteiger partial charge is 0.497 e. The molecule has 0 heterocycles. The zero-order valence-electron chi connectivity index (χ0n) is 24.7. The quantitative estimate of drug-likeness (QED) is 0.280. The molecule has 0 aliphatic rings. The third-order valence-electron chi connectivity index (χ3n) is 6.98. The van der Waals surface area contributed by atoms with Gasteiger partial charge >= 0.3 is 0 Å². The Labute approximate surface area is 248 Å². The summed E-state index contributed by atoms with van der Waals surface area (Å²) in [4.78, 5) is 41.4. The van der Waals surface area contributed by atoms with E-state index in [1.54, 1.807) is 37.4 Å². The van der Waals surface area contributed by atoms with Crippen molar-refractivity contribution in [3.63, 3.8) is 0 Å². The second-order valence-electron chi connectivity index (χ2n) is 10.3. The van der Waals surface area contributed by atoms with E-state index in [9.17, 15) is 22.8 Å². The maximum absolute atomic E-state index is 14.2. The topological polar surface area (TPSA) is 113 Å². The number of ketones is 1. The van der Waals surface area contributed by atoms with E-state index in [-0.39, 0.29) is 36.4 Å². The fraction of sp³-hybridized carbons (Fsp3) is 0.344. The van der Waals surface area contributed by atoms with Crippen molar-refractivity contribution in [1.29, 1.82) is 0 Å². The molecule has 0 radical (unpaired) electrons. The van der Waals surface area contributed by atoms with Crippen LogP contribution in [0.1, 0.15) is 48.7 Å². The van der Waals surface area contributed by atoms with E-state index in [2.05, 4.69) is 5.32 Å². The number of methoxy groups -OCH3 is 1. The number of nitrogens with one attached hydrogen (secondary N) is 1. The predicted molar refractivity (Wildman–Crippen MR) is 164 cm³/mol. The maximum Gasteiger partial charge on any atom is 0.244 e. The molecule has 0 unspecified atom stereocenters. The van der Waals surface area contributed by atoms with Crippen molar-refractivity contribution in [1.82, 2.24) is 10.2 Å². The Kier molecular flexibility index (Phi) is 11.3. The van der Waals surface area contributed by atoms with Crippen LogP contribution in [0.2, 0.25) is 0 Å². The Bertz CT molecular complexity index is 1490. The first-order valence-electron chi connectivity index (χ1n) is 13.8. The van der Waals surface area contributed by atoms with Crippen LogP contribution in [0, 0.1) is 0 Å². The summed E-state index contributed by atoms with van der Waals surface area (Å²) in [5, 5.41) is 3.00. The number of sulfonamides is 1. The highest BCUT2D eigenvalue weighted by molar-refractivity contribution is 7.92. The number of hydrogen-bond acceptors (Lipinski definition) is 6. The Hall–Kier alpha value is -4.18. The Morgan fingerprint density at radius 2 is 1.60 bits per heavy atom. The number of ether oxygens (including phenoxy) is 1. The van der Waals surface area contributed by atoms with Crippen LogP contribution in [-0.2, 0) is 32.6 Å². The van der Waals surface area contributed by atoms with Crippen molar-refractivity contribution in [3.05, 3.63) is 95.6 Å². The molecule has 224 valence electrons. The highest BCUT2D eigenvalue weighted by Gasteiger charge is 2.33. The molecule has 0 aromatic heterocycles. The summed E-state index contributed by atoms with van der Waals surface area (Å²) in [6.07, 6.45) is 1.92. The number of benzene rings is 3. The predicted octanol–water partition coefficient (Wildman–Crippen LogP) is 4.22. The summed E-state index contributed by atoms with van der Waals surface area (Å²) in [6.45, 7) is 4.70. The van der Waals surface area contributed by atoms with Gasteiger partial charge < -0.3 is 15.0 Å². The second-order valence-corrected chi connectivity index (χ2v) is 12.2. The van der Waals surface area contributed by atoms with Crippen molar-refractivity contribution in [2.45, 2.75) is 52.2 Å². The average molecular weight is 594 g/mol. The molecule has 0 aliphatic carbocycles. The number of nitrogens with zero attached hydrogens (tertiary/aromatic N) is 2. The van der Waals surface area contributed by atoms with Crippen LogP contribution in [0.3, 0.4) is 0 Å². The fourth-order valence-electron chi connectivity index (χ4n) is 4.46. The minimum atomic E-state index is -3.95. The molecule has 0 fully saturated rings. The van der Waals surface area contributed by atoms with Gasteiger partial charge in [-0.05, 0) is 55.7 Å². The Morgan fingerprint density at radius 3 is 2.21 bits per heavy atom. The molecule has 9 nitrogen and oxygen atoms in total. The molecule has 0 spiro atoms. The van der Waals surface area contributed by atoms with Crippen molar-refractivity contribution in [2.24, 2.45) is 0 Å². The number of carbonyl (C=O) groups is 3. The molecule has 3 aromatic carbocycles. The summed E-state index contributed by atoms with van der Waals surface area (Å²) in [5.74, 6) is -0.561. The number of carbonyl (C=O) groups excluding carboxylic acids is 3. The first-order valence-corrected chi connectivity index (χ1v) is 15.6. The van der Waals surface area contributed by atoms with E-state index in [1.165, 1.54) is 24.0 Å². The van der Waals surface area contributed by atoms with Gasteiger partial charge in [-0.3, -0.25) is 18.7 Å². The number of amides is 2. The van der Waals surface area contributed by atoms with E-state index in [1.807, 2.05) is 50.2 Å². The van der Waals surface area contributed by atoms with Gasteiger partial charge in [-0.1, -0.05) is 61.5 Å². The highest BCUT2D eigenvalue weighted by Crippen LogP contribution is 2.23. The van der Waals surface area contributed by atoms with Gasteiger partial charge in [0.15, 0.2) is 5.78 Å². The number of rotatable bonds is 14. The third kappa shape index (κ3) is 8.91. The van der Waals surface area contributed by atoms with Crippen molar-refractivity contribution in [3.8, 4) is 5.75 Å². The minimum Gasteiger partial charge on any atom is -0.497 e. The van der Waals surface area contributed by atoms with Crippen molar-refractivity contribution >= 4 is 33.3 Å². The van der Waals surface area contributed by atoms with E-state index in [4.69, 9.17) is 4.74 Å². The van der Waals surface area contributed by atoms with Crippen LogP contribution in [0.25, 0.3) is 0 Å². The number of anilines is 1. The van der Waals surface area contributed by atoms with Crippen LogP contribution in [0.15, 0.2) is 78.9 Å². The minimum absolute atomic E-state index is 0.0343. The number of hydrogen-bond donors (Lipinski definition) is 1. The molecule has 0 aliphatic heterocycles. The van der Waals surface area contributed by atoms with Crippen molar-refractivity contribution in [2.75, 3.05) is 24.2 Å². The number of Topliss-reactive ketones (excluding diaryl/α,β-unsaturated/α-hetero) is 1. The molecule has 0 saturated carbocycles. The lowest BCUT2D eigenvalue weighted by atomic mass is 10.0. The van der Waals surface area contributed by atoms with Gasteiger partial charge in [0.25, 0.3) is 0 Å². The molecule has 2 atom stereocenters. The zero-order chi connectivity index (χ0) is 30.9. The van der Waals surface area contributed by atoms with Crippen LogP contribution in [-0.4, -0.2) is 62.9 Å². The van der Waals surface area contributed by atoms with Crippen LogP contribution in [0.5, 0.6) is 5.75 Å². The molecule has 3 aromatic rings. The smallest absolute Gasteiger partial charge is 0.244 e. The van der Waals surface area contributed by atoms with Gasteiger partial charge in [0, 0.05) is 24.6 Å². The molecule has 2 amide bonds. The molecular weight excluding hydrogens is 554 g/mol. The lowest BCUT2D eigenvalue weighted by Crippen LogP contribution is -2.54. The maximum atomic E-state index is 14.2. The SMILES string of the molecule is CC[C@H](C)NC(=O)[C@H](Cc1ccccc1)N(Cc1cccc(OC)c1)C(=O)CN(c1cccc(C(C)=O)c1)S(C)(=O)=O. The Balaban J connectivity index is 2.09. The molecule has 3 rings (SSSR count). The van der Waals surface area contributed by atoms with E-state index in [0.717, 1.165) is 16.1 Å². The van der Waals surface area contributed by atoms with Gasteiger partial charge in [0.2, 0.25) is 21.8 Å². The van der Waals surface area contributed by atoms with Gasteiger partial charge in [0.05, 0.1) is 19.1 Å². The van der Waals surface area contributed by atoms with Crippen LogP contribution in [0.4, 0.5) is 5.69 Å². The monoisotopic (exact) mass is 593 g/mol. The zero-order valence-corrected chi connectivity index (χ0v) is 25.6. The Morgan fingerprint density at radius 1 is 0.929 bits per heavy atom. The first kappa shape index (κ1) is 32.3. The molecule has 0 bridgehead atoms. The van der Waals surface area contributed by atoms with Gasteiger partial charge in [-0.15, -0.1) is 0 Å². The summed E-state index contributed by atoms with van der Waals surface area (Å²) < 4.78 is 32.3. The average Bonchev–Trinajstić information content (AvgIpc) is 2.97. The van der Waals surface area contributed by atoms with E-state index >= 15 is 0 Å². The molecule has 1 N–H and O–H groups in total. The molecule has 42 heavy (non-hydrogen) atoms. The highest BCUT2D eigenvalue weighted by atomic mass is 32.2. The van der Waals surface area contributed by atoms with Crippen molar-refractivity contribution < 1.29 is 27.5 Å². The van der Waals surface area contributed by atoms with Gasteiger partial charge in [-0.2, -0.15) is 0 Å². The fourth-order valence-corrected chi connectivity index (χ4v) is 5.30. The van der Waals surface area contributed by atoms with Crippen LogP contribution < -0.4 is 14.4 Å². The summed E-state index contributed by atoms with van der Waals surface area (Å²) >= 11 is 0. The van der Waals surface area contributed by atoms with Gasteiger partial charge in [-0.25, -0.2) is 8.42 Å². The first-order chi connectivity index (χ1) is 19.9. The summed E-state index contributed by atoms with van der Waals surface area (Å²) in [7, 11) is -2.41. The molecular formula is C32H39N3O6S. The second kappa shape index (κ2) is 14.6. The van der Waals surface area contributed by atoms with Crippen LogP contribution >= 0.6 is 0 Å². The lowest BCUT2D eigenvalue weighted by molar-refractivity contribution is -0.140. The normalized spacial score (nSPS) is 12.6. The third-order valence-corrected chi connectivity index (χ3v) is 8.12. The molecule has 10 heteroatoms. The van der Waals surface area contributed by atoms with Gasteiger partial charge in [0.1, 0.15) is 18.3 Å². The van der Waals surface area contributed by atoms with E-state index < -0.39 is 28.5 Å². The lowest BCUT2D eigenvalue weighted by Gasteiger charge is -2.34. The summed E-state index contributed by atoms with van der Waals surface area (Å²) in [6, 6.07) is 21.6. The summed E-state index contributed by atoms with van der Waals surface area (Å²) in [5.41, 5.74) is 2.06. The van der Waals surface area contributed by atoms with E-state index in [0.29, 0.717) is 23.3 Å².